The van der Waals surface area contributed by atoms with Gasteiger partial charge in [-0.3, -0.25) is 4.79 Å². The predicted octanol–water partition coefficient (Wildman–Crippen LogP) is 1.34. The van der Waals surface area contributed by atoms with E-state index in [0.717, 1.165) is 25.1 Å². The van der Waals surface area contributed by atoms with Crippen LogP contribution < -0.4 is 5.32 Å². The summed E-state index contributed by atoms with van der Waals surface area (Å²) in [5.74, 6) is 0.0573. The lowest BCUT2D eigenvalue weighted by Crippen LogP contribution is -2.45. The summed E-state index contributed by atoms with van der Waals surface area (Å²) >= 11 is 0. The summed E-state index contributed by atoms with van der Waals surface area (Å²) in [4.78, 5) is 14.3. The first-order valence-electron chi connectivity index (χ1n) is 7.10. The molecule has 2 atom stereocenters. The van der Waals surface area contributed by atoms with Crippen LogP contribution in [0, 0.1) is 11.7 Å². The molecular formula is C15H19FN2O2. The molecule has 3 rings (SSSR count). The Bertz CT molecular complexity index is 471. The maximum Gasteiger partial charge on any atom is 0.227 e. The number of benzene rings is 1. The lowest BCUT2D eigenvalue weighted by molar-refractivity contribution is -0.142. The minimum absolute atomic E-state index is 0.0990. The number of nitrogens with zero attached hydrogens (tertiary/aromatic N) is 1. The second-order valence-electron chi connectivity index (χ2n) is 5.38. The van der Waals surface area contributed by atoms with Gasteiger partial charge in [-0.2, -0.15) is 0 Å². The van der Waals surface area contributed by atoms with E-state index in [0.29, 0.717) is 19.7 Å². The highest BCUT2D eigenvalue weighted by Crippen LogP contribution is 2.24. The highest BCUT2D eigenvalue weighted by molar-refractivity contribution is 5.79. The van der Waals surface area contributed by atoms with Gasteiger partial charge in [-0.15, -0.1) is 0 Å². The lowest BCUT2D eigenvalue weighted by atomic mass is 10.0. The zero-order valence-corrected chi connectivity index (χ0v) is 11.3. The fourth-order valence-corrected chi connectivity index (χ4v) is 2.85. The molecule has 2 unspecified atom stereocenters. The van der Waals surface area contributed by atoms with Crippen molar-refractivity contribution in [3.05, 3.63) is 35.6 Å². The van der Waals surface area contributed by atoms with Gasteiger partial charge in [0.1, 0.15) is 11.9 Å². The topological polar surface area (TPSA) is 41.6 Å². The number of morpholine rings is 1. The standard InChI is InChI=1S/C15H19FN2O2/c16-13-3-1-11(2-4-13)14-10-18(7-8-20-14)15(19)12-5-6-17-9-12/h1-4,12,14,17H,5-10H2. The van der Waals surface area contributed by atoms with Crippen molar-refractivity contribution in [2.75, 3.05) is 32.8 Å². The molecule has 0 aromatic heterocycles. The third kappa shape index (κ3) is 2.83. The highest BCUT2D eigenvalue weighted by atomic mass is 19.1. The van der Waals surface area contributed by atoms with Crippen LogP contribution in [0.2, 0.25) is 0 Å². The van der Waals surface area contributed by atoms with Crippen molar-refractivity contribution in [3.8, 4) is 0 Å². The van der Waals surface area contributed by atoms with Gasteiger partial charge < -0.3 is 15.0 Å². The first kappa shape index (κ1) is 13.5. The first-order chi connectivity index (χ1) is 9.74. The maximum atomic E-state index is 13.0. The Morgan fingerprint density at radius 1 is 1.35 bits per heavy atom. The summed E-state index contributed by atoms with van der Waals surface area (Å²) in [5, 5.41) is 3.22. The van der Waals surface area contributed by atoms with Crippen LogP contribution in [0.1, 0.15) is 18.1 Å². The molecule has 1 amide bonds. The monoisotopic (exact) mass is 278 g/mol. The van der Waals surface area contributed by atoms with Crippen molar-refractivity contribution < 1.29 is 13.9 Å². The van der Waals surface area contributed by atoms with Crippen LogP contribution in [0.3, 0.4) is 0 Å². The average molecular weight is 278 g/mol. The Kier molecular flexibility index (Phi) is 3.98. The number of rotatable bonds is 2. The summed E-state index contributed by atoms with van der Waals surface area (Å²) in [5.41, 5.74) is 0.924. The Morgan fingerprint density at radius 2 is 2.15 bits per heavy atom. The molecule has 20 heavy (non-hydrogen) atoms. The van der Waals surface area contributed by atoms with E-state index in [-0.39, 0.29) is 23.7 Å². The fraction of sp³-hybridized carbons (Fsp3) is 0.533. The van der Waals surface area contributed by atoms with Crippen molar-refractivity contribution in [2.45, 2.75) is 12.5 Å². The van der Waals surface area contributed by atoms with Crippen molar-refractivity contribution in [1.82, 2.24) is 10.2 Å². The molecule has 5 heteroatoms. The molecule has 0 radical (unpaired) electrons. The normalized spacial score (nSPS) is 26.8. The molecule has 108 valence electrons. The van der Waals surface area contributed by atoms with Crippen molar-refractivity contribution >= 4 is 5.91 Å². The number of nitrogens with one attached hydrogen (secondary N) is 1. The van der Waals surface area contributed by atoms with Crippen molar-refractivity contribution in [2.24, 2.45) is 5.92 Å². The second-order valence-corrected chi connectivity index (χ2v) is 5.38. The van der Waals surface area contributed by atoms with Crippen LogP contribution in [-0.2, 0) is 9.53 Å². The molecule has 0 aliphatic carbocycles. The van der Waals surface area contributed by atoms with Crippen molar-refractivity contribution in [1.29, 1.82) is 0 Å². The molecular weight excluding hydrogens is 259 g/mol. The third-order valence-electron chi connectivity index (χ3n) is 4.03. The molecule has 2 fully saturated rings. The Morgan fingerprint density at radius 3 is 2.85 bits per heavy atom. The van der Waals surface area contributed by atoms with E-state index in [4.69, 9.17) is 4.74 Å². The van der Waals surface area contributed by atoms with E-state index < -0.39 is 0 Å². The molecule has 2 heterocycles. The first-order valence-corrected chi connectivity index (χ1v) is 7.10. The number of hydrogen-bond donors (Lipinski definition) is 1. The van der Waals surface area contributed by atoms with Gasteiger partial charge in [0.2, 0.25) is 5.91 Å². The Hall–Kier alpha value is -1.46. The zero-order chi connectivity index (χ0) is 13.9. The number of amides is 1. The van der Waals surface area contributed by atoms with Crippen LogP contribution in [0.4, 0.5) is 4.39 Å². The largest absolute Gasteiger partial charge is 0.370 e. The fourth-order valence-electron chi connectivity index (χ4n) is 2.85. The molecule has 1 aromatic rings. The summed E-state index contributed by atoms with van der Waals surface area (Å²) in [7, 11) is 0. The van der Waals surface area contributed by atoms with Crippen molar-refractivity contribution in [3.63, 3.8) is 0 Å². The molecule has 1 aromatic carbocycles. The van der Waals surface area contributed by atoms with Crippen LogP contribution in [0.25, 0.3) is 0 Å². The summed E-state index contributed by atoms with van der Waals surface area (Å²) in [6, 6.07) is 6.32. The number of ether oxygens (including phenoxy) is 1. The van der Waals surface area contributed by atoms with Gasteiger partial charge in [-0.25, -0.2) is 4.39 Å². The molecule has 2 aliphatic rings. The SMILES string of the molecule is O=C(C1CCNC1)N1CCOC(c2ccc(F)cc2)C1. The summed E-state index contributed by atoms with van der Waals surface area (Å²) in [6.07, 6.45) is 0.764. The van der Waals surface area contributed by atoms with Gasteiger partial charge >= 0.3 is 0 Å². The third-order valence-corrected chi connectivity index (χ3v) is 4.03. The molecule has 2 saturated heterocycles. The average Bonchev–Trinajstić information content (AvgIpc) is 3.01. The summed E-state index contributed by atoms with van der Waals surface area (Å²) in [6.45, 7) is 3.43. The molecule has 4 nitrogen and oxygen atoms in total. The van der Waals surface area contributed by atoms with E-state index in [1.165, 1.54) is 12.1 Å². The van der Waals surface area contributed by atoms with Gasteiger partial charge in [-0.05, 0) is 30.7 Å². The molecule has 2 aliphatic heterocycles. The smallest absolute Gasteiger partial charge is 0.227 e. The molecule has 0 bridgehead atoms. The number of carbonyl (C=O) groups excluding carboxylic acids is 1. The van der Waals surface area contributed by atoms with Gasteiger partial charge in [0.15, 0.2) is 0 Å². The Labute approximate surface area is 117 Å². The predicted molar refractivity (Wildman–Crippen MR) is 72.6 cm³/mol. The Balaban J connectivity index is 1.66. The number of carbonyl (C=O) groups is 1. The highest BCUT2D eigenvalue weighted by Gasteiger charge is 2.31. The minimum atomic E-state index is -0.255. The van der Waals surface area contributed by atoms with Gasteiger partial charge in [0, 0.05) is 13.1 Å². The van der Waals surface area contributed by atoms with E-state index >= 15 is 0 Å². The van der Waals surface area contributed by atoms with E-state index in [1.807, 2.05) is 4.90 Å². The molecule has 0 spiro atoms. The van der Waals surface area contributed by atoms with Gasteiger partial charge in [0.25, 0.3) is 0 Å². The summed E-state index contributed by atoms with van der Waals surface area (Å²) < 4.78 is 18.7. The molecule has 0 saturated carbocycles. The van der Waals surface area contributed by atoms with E-state index in [9.17, 15) is 9.18 Å². The maximum absolute atomic E-state index is 13.0. The quantitative estimate of drug-likeness (QED) is 0.887. The van der Waals surface area contributed by atoms with Gasteiger partial charge in [0.05, 0.1) is 19.1 Å². The van der Waals surface area contributed by atoms with Crippen LogP contribution in [0.15, 0.2) is 24.3 Å². The lowest BCUT2D eigenvalue weighted by Gasteiger charge is -2.34. The second kappa shape index (κ2) is 5.89. The van der Waals surface area contributed by atoms with Crippen LogP contribution in [-0.4, -0.2) is 43.6 Å². The number of hydrogen-bond acceptors (Lipinski definition) is 3. The minimum Gasteiger partial charge on any atom is -0.370 e. The van der Waals surface area contributed by atoms with Crippen LogP contribution in [0.5, 0.6) is 0 Å². The van der Waals surface area contributed by atoms with Gasteiger partial charge in [-0.1, -0.05) is 12.1 Å². The van der Waals surface area contributed by atoms with E-state index in [1.54, 1.807) is 12.1 Å². The zero-order valence-electron chi connectivity index (χ0n) is 11.3. The van der Waals surface area contributed by atoms with E-state index in [2.05, 4.69) is 5.32 Å². The molecule has 1 N–H and O–H groups in total. The number of halogens is 1. The van der Waals surface area contributed by atoms with Crippen LogP contribution >= 0.6 is 0 Å².